The number of nitrogens with zero attached hydrogens (tertiary/aromatic N) is 3. The molecule has 3 heteroatoms. The van der Waals surface area contributed by atoms with E-state index in [2.05, 4.69) is 9.97 Å². The smallest absolute Gasteiger partial charge is 0.136 e. The molecule has 0 aliphatic heterocycles. The third-order valence-corrected chi connectivity index (χ3v) is 2.35. The van der Waals surface area contributed by atoms with E-state index in [0.29, 0.717) is 0 Å². The maximum absolute atomic E-state index is 4.31. The monoisotopic (exact) mass is 195 g/mol. The molecule has 3 aromatic rings. The first-order valence-corrected chi connectivity index (χ1v) is 4.77. The number of aromatic nitrogens is 3. The minimum absolute atomic E-state index is 0.953. The van der Waals surface area contributed by atoms with Crippen LogP contribution < -0.4 is 0 Å². The van der Waals surface area contributed by atoms with Crippen LogP contribution in [0.3, 0.4) is 0 Å². The third-order valence-electron chi connectivity index (χ3n) is 2.35. The van der Waals surface area contributed by atoms with E-state index in [-0.39, 0.29) is 0 Å². The average Bonchev–Trinajstić information content (AvgIpc) is 2.77. The first-order valence-electron chi connectivity index (χ1n) is 4.77. The molecule has 0 aromatic carbocycles. The van der Waals surface area contributed by atoms with Crippen molar-refractivity contribution >= 4 is 5.65 Å². The number of pyridine rings is 2. The molecule has 72 valence electrons. The van der Waals surface area contributed by atoms with Crippen molar-refractivity contribution in [3.05, 3.63) is 55.1 Å². The third kappa shape index (κ3) is 1.38. The largest absolute Gasteiger partial charge is 0.306 e. The number of hydrogen-bond acceptors (Lipinski definition) is 2. The van der Waals surface area contributed by atoms with E-state index in [9.17, 15) is 0 Å². The molecule has 0 amide bonds. The molecular weight excluding hydrogens is 186 g/mol. The van der Waals surface area contributed by atoms with Crippen LogP contribution >= 0.6 is 0 Å². The summed E-state index contributed by atoms with van der Waals surface area (Å²) in [4.78, 5) is 8.50. The van der Waals surface area contributed by atoms with Gasteiger partial charge in [0.05, 0.1) is 5.69 Å². The van der Waals surface area contributed by atoms with Crippen LogP contribution in [-0.2, 0) is 0 Å². The van der Waals surface area contributed by atoms with Gasteiger partial charge in [-0.2, -0.15) is 0 Å². The number of fused-ring (bicyclic) bond motifs is 1. The standard InChI is InChI=1S/C12H9N3/c1-2-6-13-11(3-1)10-4-5-12-14-7-8-15(12)9-10/h1-9H. The molecular formula is C12H9N3. The van der Waals surface area contributed by atoms with Crippen LogP contribution in [0, 0.1) is 0 Å². The Hall–Kier alpha value is -2.16. The molecule has 0 atom stereocenters. The lowest BCUT2D eigenvalue weighted by Gasteiger charge is -2.00. The molecule has 3 aromatic heterocycles. The van der Waals surface area contributed by atoms with Crippen LogP contribution in [0.2, 0.25) is 0 Å². The highest BCUT2D eigenvalue weighted by Gasteiger charge is 1.99. The summed E-state index contributed by atoms with van der Waals surface area (Å²) in [6.45, 7) is 0. The topological polar surface area (TPSA) is 30.2 Å². The summed E-state index contributed by atoms with van der Waals surface area (Å²) in [6, 6.07) is 9.92. The molecule has 0 saturated heterocycles. The van der Waals surface area contributed by atoms with E-state index in [0.717, 1.165) is 16.9 Å². The molecule has 0 radical (unpaired) electrons. The number of rotatable bonds is 1. The van der Waals surface area contributed by atoms with Gasteiger partial charge in [-0.05, 0) is 24.3 Å². The van der Waals surface area contributed by atoms with Crippen molar-refractivity contribution in [2.24, 2.45) is 0 Å². The molecule has 0 saturated carbocycles. The Kier molecular flexibility index (Phi) is 1.75. The first kappa shape index (κ1) is 8.17. The SMILES string of the molecule is c1ccc(-c2ccc3nccn3c2)nc1. The predicted octanol–water partition coefficient (Wildman–Crippen LogP) is 2.40. The van der Waals surface area contributed by atoms with E-state index in [1.807, 2.05) is 47.1 Å². The van der Waals surface area contributed by atoms with Crippen molar-refractivity contribution in [1.29, 1.82) is 0 Å². The molecule has 15 heavy (non-hydrogen) atoms. The second-order valence-electron chi connectivity index (χ2n) is 3.33. The first-order chi connectivity index (χ1) is 7.43. The quantitative estimate of drug-likeness (QED) is 0.596. The maximum atomic E-state index is 4.31. The fourth-order valence-corrected chi connectivity index (χ4v) is 1.61. The van der Waals surface area contributed by atoms with Crippen LogP contribution in [0.25, 0.3) is 16.9 Å². The van der Waals surface area contributed by atoms with Crippen molar-refractivity contribution in [2.45, 2.75) is 0 Å². The molecule has 0 N–H and O–H groups in total. The summed E-state index contributed by atoms with van der Waals surface area (Å²) in [5.74, 6) is 0. The van der Waals surface area contributed by atoms with Gasteiger partial charge in [0.15, 0.2) is 0 Å². The molecule has 3 rings (SSSR count). The fraction of sp³-hybridized carbons (Fsp3) is 0. The fourth-order valence-electron chi connectivity index (χ4n) is 1.61. The minimum Gasteiger partial charge on any atom is -0.306 e. The Balaban J connectivity index is 2.19. The van der Waals surface area contributed by atoms with Crippen LogP contribution in [0.15, 0.2) is 55.1 Å². The van der Waals surface area contributed by atoms with Gasteiger partial charge >= 0.3 is 0 Å². The highest BCUT2D eigenvalue weighted by atomic mass is 15.0. The van der Waals surface area contributed by atoms with E-state index >= 15 is 0 Å². The summed E-state index contributed by atoms with van der Waals surface area (Å²) in [6.07, 6.45) is 7.55. The van der Waals surface area contributed by atoms with Gasteiger partial charge in [0, 0.05) is 30.4 Å². The van der Waals surface area contributed by atoms with Crippen LogP contribution in [-0.4, -0.2) is 14.4 Å². The Morgan fingerprint density at radius 3 is 2.80 bits per heavy atom. The normalized spacial score (nSPS) is 10.7. The lowest BCUT2D eigenvalue weighted by atomic mass is 10.2. The van der Waals surface area contributed by atoms with E-state index in [4.69, 9.17) is 0 Å². The summed E-state index contributed by atoms with van der Waals surface area (Å²) in [7, 11) is 0. The van der Waals surface area contributed by atoms with Crippen molar-refractivity contribution < 1.29 is 0 Å². The van der Waals surface area contributed by atoms with E-state index < -0.39 is 0 Å². The van der Waals surface area contributed by atoms with E-state index in [1.54, 1.807) is 12.4 Å². The summed E-state index contributed by atoms with van der Waals surface area (Å²) < 4.78 is 1.99. The second kappa shape index (κ2) is 3.20. The lowest BCUT2D eigenvalue weighted by molar-refractivity contribution is 1.18. The summed E-state index contributed by atoms with van der Waals surface area (Å²) in [5, 5.41) is 0. The summed E-state index contributed by atoms with van der Waals surface area (Å²) in [5.41, 5.74) is 3.03. The van der Waals surface area contributed by atoms with Crippen LogP contribution in [0.4, 0.5) is 0 Å². The second-order valence-corrected chi connectivity index (χ2v) is 3.33. The molecule has 0 unspecified atom stereocenters. The molecule has 3 nitrogen and oxygen atoms in total. The number of hydrogen-bond donors (Lipinski definition) is 0. The molecule has 0 bridgehead atoms. The van der Waals surface area contributed by atoms with Crippen molar-refractivity contribution in [2.75, 3.05) is 0 Å². The molecule has 3 heterocycles. The van der Waals surface area contributed by atoms with Gasteiger partial charge in [0.2, 0.25) is 0 Å². The number of imidazole rings is 1. The summed E-state index contributed by atoms with van der Waals surface area (Å²) >= 11 is 0. The van der Waals surface area contributed by atoms with Gasteiger partial charge in [-0.1, -0.05) is 6.07 Å². The molecule has 0 aliphatic rings. The van der Waals surface area contributed by atoms with Crippen molar-refractivity contribution in [3.8, 4) is 11.3 Å². The molecule has 0 fully saturated rings. The Bertz CT molecular complexity index is 584. The maximum Gasteiger partial charge on any atom is 0.136 e. The van der Waals surface area contributed by atoms with Crippen LogP contribution in [0.1, 0.15) is 0 Å². The van der Waals surface area contributed by atoms with Gasteiger partial charge < -0.3 is 4.40 Å². The van der Waals surface area contributed by atoms with Gasteiger partial charge in [-0.25, -0.2) is 4.98 Å². The Morgan fingerprint density at radius 1 is 0.933 bits per heavy atom. The zero-order valence-electron chi connectivity index (χ0n) is 8.04. The molecule has 0 aliphatic carbocycles. The van der Waals surface area contributed by atoms with E-state index in [1.165, 1.54) is 0 Å². The Labute approximate surface area is 87.0 Å². The van der Waals surface area contributed by atoms with Gasteiger partial charge in [0.1, 0.15) is 5.65 Å². The molecule has 0 spiro atoms. The average molecular weight is 195 g/mol. The highest BCUT2D eigenvalue weighted by molar-refractivity contribution is 5.60. The predicted molar refractivity (Wildman–Crippen MR) is 58.4 cm³/mol. The van der Waals surface area contributed by atoms with Crippen molar-refractivity contribution in [1.82, 2.24) is 14.4 Å². The van der Waals surface area contributed by atoms with Gasteiger partial charge in [-0.3, -0.25) is 4.98 Å². The zero-order valence-corrected chi connectivity index (χ0v) is 8.04. The minimum atomic E-state index is 0.953. The van der Waals surface area contributed by atoms with Crippen molar-refractivity contribution in [3.63, 3.8) is 0 Å². The van der Waals surface area contributed by atoms with Crippen LogP contribution in [0.5, 0.6) is 0 Å². The lowest BCUT2D eigenvalue weighted by Crippen LogP contribution is -1.87. The highest BCUT2D eigenvalue weighted by Crippen LogP contribution is 2.16. The van der Waals surface area contributed by atoms with Gasteiger partial charge in [0.25, 0.3) is 0 Å². The van der Waals surface area contributed by atoms with Gasteiger partial charge in [-0.15, -0.1) is 0 Å². The Morgan fingerprint density at radius 2 is 1.93 bits per heavy atom. The zero-order chi connectivity index (χ0) is 10.1.